The number of hydrogen-bond donors (Lipinski definition) is 2. The molecular weight excluding hydrogens is 284 g/mol. The average molecular weight is 306 g/mol. The zero-order valence-corrected chi connectivity index (χ0v) is 13.1. The quantitative estimate of drug-likeness (QED) is 0.878. The van der Waals surface area contributed by atoms with Crippen LogP contribution in [0.1, 0.15) is 37.7 Å². The van der Waals surface area contributed by atoms with Gasteiger partial charge in [0, 0.05) is 40.1 Å². The molecule has 2 aliphatic rings. The van der Waals surface area contributed by atoms with Crippen LogP contribution in [0.5, 0.6) is 0 Å². The number of para-hydroxylation sites is 1. The van der Waals surface area contributed by atoms with Crippen molar-refractivity contribution in [2.24, 2.45) is 0 Å². The molecule has 0 aliphatic carbocycles. The van der Waals surface area contributed by atoms with Crippen LogP contribution in [0.25, 0.3) is 0 Å². The van der Waals surface area contributed by atoms with Crippen LogP contribution >= 0.6 is 0 Å². The van der Waals surface area contributed by atoms with Crippen molar-refractivity contribution in [3.63, 3.8) is 0 Å². The van der Waals surface area contributed by atoms with Crippen LogP contribution in [0.2, 0.25) is 0 Å². The Bertz CT molecular complexity index is 551. The molecule has 1 fully saturated rings. The monoisotopic (exact) mass is 306 g/mol. The summed E-state index contributed by atoms with van der Waals surface area (Å²) >= 11 is 0. The molecule has 1 saturated heterocycles. The molecule has 1 amide bonds. The molecular formula is C16H22N2O2S. The van der Waals surface area contributed by atoms with E-state index >= 15 is 0 Å². The summed E-state index contributed by atoms with van der Waals surface area (Å²) in [4.78, 5) is 12.6. The van der Waals surface area contributed by atoms with E-state index in [4.69, 9.17) is 0 Å². The van der Waals surface area contributed by atoms with Crippen LogP contribution < -0.4 is 10.6 Å². The van der Waals surface area contributed by atoms with Gasteiger partial charge in [-0.1, -0.05) is 18.2 Å². The molecule has 2 atom stereocenters. The van der Waals surface area contributed by atoms with Gasteiger partial charge >= 0.3 is 0 Å². The van der Waals surface area contributed by atoms with Crippen molar-refractivity contribution < 1.29 is 9.00 Å². The molecule has 2 aliphatic heterocycles. The average Bonchev–Trinajstić information content (AvgIpc) is 2.48. The molecule has 1 aromatic rings. The summed E-state index contributed by atoms with van der Waals surface area (Å²) in [7, 11) is -0.684. The maximum Gasteiger partial charge on any atom is 0.227 e. The smallest absolute Gasteiger partial charge is 0.227 e. The Balaban J connectivity index is 1.71. The van der Waals surface area contributed by atoms with Crippen LogP contribution in [0.15, 0.2) is 24.3 Å². The van der Waals surface area contributed by atoms with Crippen LogP contribution in [-0.2, 0) is 15.6 Å². The highest BCUT2D eigenvalue weighted by molar-refractivity contribution is 7.85. The van der Waals surface area contributed by atoms with E-state index in [2.05, 4.69) is 17.6 Å². The summed E-state index contributed by atoms with van der Waals surface area (Å²) in [5, 5.41) is 6.60. The van der Waals surface area contributed by atoms with Crippen molar-refractivity contribution in [2.45, 2.75) is 44.2 Å². The fourth-order valence-electron chi connectivity index (χ4n) is 3.23. The fourth-order valence-corrected chi connectivity index (χ4v) is 4.52. The lowest BCUT2D eigenvalue weighted by molar-refractivity contribution is -0.123. The summed E-state index contributed by atoms with van der Waals surface area (Å²) in [6, 6.07) is 8.54. The second kappa shape index (κ2) is 6.18. The largest absolute Gasteiger partial charge is 0.382 e. The van der Waals surface area contributed by atoms with E-state index in [1.54, 1.807) is 0 Å². The fraction of sp³-hybridized carbons (Fsp3) is 0.562. The van der Waals surface area contributed by atoms with E-state index < -0.39 is 10.8 Å². The molecule has 2 unspecified atom stereocenters. The van der Waals surface area contributed by atoms with Gasteiger partial charge < -0.3 is 10.6 Å². The number of fused-ring (bicyclic) bond motifs is 1. The lowest BCUT2D eigenvalue weighted by Gasteiger charge is -2.32. The predicted octanol–water partition coefficient (Wildman–Crippen LogP) is 2.00. The second-order valence-electron chi connectivity index (χ2n) is 6.05. The second-order valence-corrected chi connectivity index (χ2v) is 7.75. The van der Waals surface area contributed by atoms with Gasteiger partial charge in [0.05, 0.1) is 5.92 Å². The third-order valence-corrected chi connectivity index (χ3v) is 5.76. The Morgan fingerprint density at radius 2 is 2.00 bits per heavy atom. The first-order chi connectivity index (χ1) is 10.1. The maximum absolute atomic E-state index is 12.6. The van der Waals surface area contributed by atoms with Crippen molar-refractivity contribution in [2.75, 3.05) is 16.8 Å². The number of amides is 1. The van der Waals surface area contributed by atoms with Crippen molar-refractivity contribution in [3.8, 4) is 0 Å². The van der Waals surface area contributed by atoms with Gasteiger partial charge in [-0.25, -0.2) is 0 Å². The molecule has 0 spiro atoms. The lowest BCUT2D eigenvalue weighted by Crippen LogP contribution is -2.43. The van der Waals surface area contributed by atoms with E-state index in [1.165, 1.54) is 0 Å². The van der Waals surface area contributed by atoms with Gasteiger partial charge in [-0.2, -0.15) is 0 Å². The first-order valence-corrected chi connectivity index (χ1v) is 9.13. The van der Waals surface area contributed by atoms with E-state index in [1.807, 2.05) is 24.3 Å². The Hall–Kier alpha value is -1.36. The summed E-state index contributed by atoms with van der Waals surface area (Å²) < 4.78 is 11.4. The molecule has 2 N–H and O–H groups in total. The highest BCUT2D eigenvalue weighted by atomic mass is 32.2. The summed E-state index contributed by atoms with van der Waals surface area (Å²) in [5.74, 6) is 1.47. The Kier molecular flexibility index (Phi) is 4.29. The molecule has 21 heavy (non-hydrogen) atoms. The molecule has 114 valence electrons. The molecule has 0 aromatic heterocycles. The molecule has 0 radical (unpaired) electrons. The minimum atomic E-state index is -0.684. The van der Waals surface area contributed by atoms with Gasteiger partial charge in [0.25, 0.3) is 0 Å². The van der Waals surface area contributed by atoms with Gasteiger partial charge in [0.15, 0.2) is 0 Å². The zero-order chi connectivity index (χ0) is 14.8. The minimum Gasteiger partial charge on any atom is -0.382 e. The summed E-state index contributed by atoms with van der Waals surface area (Å²) in [6.45, 7) is 2.11. The number of hydrogen-bond acceptors (Lipinski definition) is 3. The summed E-state index contributed by atoms with van der Waals surface area (Å²) in [5.41, 5.74) is 2.16. The van der Waals surface area contributed by atoms with Crippen LogP contribution in [-0.4, -0.2) is 33.7 Å². The first kappa shape index (κ1) is 14.6. The molecule has 2 heterocycles. The Labute approximate surface area is 128 Å². The van der Waals surface area contributed by atoms with E-state index in [0.717, 1.165) is 30.5 Å². The zero-order valence-electron chi connectivity index (χ0n) is 12.3. The van der Waals surface area contributed by atoms with Crippen molar-refractivity contribution >= 4 is 22.4 Å². The lowest BCUT2D eigenvalue weighted by atomic mass is 9.86. The molecule has 0 bridgehead atoms. The van der Waals surface area contributed by atoms with Gasteiger partial charge in [-0.05, 0) is 37.8 Å². The molecule has 5 heteroatoms. The summed E-state index contributed by atoms with van der Waals surface area (Å²) in [6.07, 6.45) is 2.49. The van der Waals surface area contributed by atoms with Crippen LogP contribution in [0.4, 0.5) is 5.69 Å². The predicted molar refractivity (Wildman–Crippen MR) is 85.9 cm³/mol. The number of anilines is 1. The van der Waals surface area contributed by atoms with Gasteiger partial charge in [-0.3, -0.25) is 9.00 Å². The first-order valence-electron chi connectivity index (χ1n) is 7.64. The van der Waals surface area contributed by atoms with Gasteiger partial charge in [-0.15, -0.1) is 0 Å². The number of carbonyl (C=O) groups is 1. The standard InChI is InChI=1S/C16H22N2O2S/c1-11-10-14(13-4-2-3-5-15(13)17-11)16(19)18-12-6-8-21(20)9-7-12/h2-5,11-12,14,17H,6-10H2,1H3,(H,18,19). The highest BCUT2D eigenvalue weighted by Gasteiger charge is 2.31. The van der Waals surface area contributed by atoms with Crippen LogP contribution in [0.3, 0.4) is 0 Å². The minimum absolute atomic E-state index is 0.0788. The van der Waals surface area contributed by atoms with E-state index in [-0.39, 0.29) is 17.9 Å². The van der Waals surface area contributed by atoms with Gasteiger partial charge in [0.1, 0.15) is 0 Å². The third kappa shape index (κ3) is 3.28. The number of benzene rings is 1. The Morgan fingerprint density at radius 1 is 1.29 bits per heavy atom. The molecule has 3 rings (SSSR count). The van der Waals surface area contributed by atoms with Crippen LogP contribution in [0, 0.1) is 0 Å². The molecule has 1 aromatic carbocycles. The van der Waals surface area contributed by atoms with Crippen molar-refractivity contribution in [1.82, 2.24) is 5.32 Å². The van der Waals surface area contributed by atoms with E-state index in [9.17, 15) is 9.00 Å². The number of carbonyl (C=O) groups excluding carboxylic acids is 1. The third-order valence-electron chi connectivity index (χ3n) is 4.38. The highest BCUT2D eigenvalue weighted by Crippen LogP contribution is 2.34. The van der Waals surface area contributed by atoms with Crippen molar-refractivity contribution in [1.29, 1.82) is 0 Å². The topological polar surface area (TPSA) is 58.2 Å². The number of rotatable bonds is 2. The van der Waals surface area contributed by atoms with Gasteiger partial charge in [0.2, 0.25) is 5.91 Å². The normalized spacial score (nSPS) is 31.9. The van der Waals surface area contributed by atoms with E-state index in [0.29, 0.717) is 17.5 Å². The number of nitrogens with one attached hydrogen (secondary N) is 2. The maximum atomic E-state index is 12.6. The Morgan fingerprint density at radius 3 is 2.76 bits per heavy atom. The molecule has 0 saturated carbocycles. The SMILES string of the molecule is CC1CC(C(=O)NC2CCS(=O)CC2)c2ccccc2N1. The molecule has 4 nitrogen and oxygen atoms in total. The van der Waals surface area contributed by atoms with Crippen molar-refractivity contribution in [3.05, 3.63) is 29.8 Å².